The number of fused-ring (bicyclic) bond motifs is 1. The number of nitrogens with two attached hydrogens (primary N) is 1. The molecule has 0 aliphatic heterocycles. The van der Waals surface area contributed by atoms with E-state index in [0.717, 1.165) is 0 Å². The Balaban J connectivity index is 2.01. The number of rotatable bonds is 6. The summed E-state index contributed by atoms with van der Waals surface area (Å²) < 4.78 is 30.3. The van der Waals surface area contributed by atoms with Gasteiger partial charge in [0.25, 0.3) is 11.8 Å². The Kier molecular flexibility index (Phi) is 6.25. The van der Waals surface area contributed by atoms with Gasteiger partial charge in [0.05, 0.1) is 16.9 Å². The van der Waals surface area contributed by atoms with E-state index in [2.05, 4.69) is 16.9 Å². The quantitative estimate of drug-likeness (QED) is 0.536. The van der Waals surface area contributed by atoms with Crippen molar-refractivity contribution < 1.29 is 23.5 Å². The highest BCUT2D eigenvalue weighted by molar-refractivity contribution is 5.93. The first-order valence-electron chi connectivity index (χ1n) is 9.83. The molecule has 164 valence electrons. The van der Waals surface area contributed by atoms with Crippen LogP contribution in [0.3, 0.4) is 0 Å². The fraction of sp³-hybridized carbons (Fsp3) is 0.409. The Labute approximate surface area is 178 Å². The summed E-state index contributed by atoms with van der Waals surface area (Å²) >= 11 is 0. The third kappa shape index (κ3) is 4.81. The lowest BCUT2D eigenvalue weighted by atomic mass is 9.91. The van der Waals surface area contributed by atoms with E-state index in [1.54, 1.807) is 24.3 Å². The van der Waals surface area contributed by atoms with Gasteiger partial charge in [0, 0.05) is 24.9 Å². The molecule has 0 spiro atoms. The number of carbonyl (C=O) groups is 2. The number of nitrogens with zero attached hydrogens (tertiary/aromatic N) is 3. The number of benzene rings is 1. The van der Waals surface area contributed by atoms with Crippen molar-refractivity contribution in [2.75, 3.05) is 20.6 Å². The maximum atomic E-state index is 14.5. The van der Waals surface area contributed by atoms with Gasteiger partial charge in [0.2, 0.25) is 0 Å². The van der Waals surface area contributed by atoms with Crippen LogP contribution in [-0.4, -0.2) is 58.2 Å². The third-order valence-electron chi connectivity index (χ3n) is 5.13. The number of hydrogen-bond acceptors (Lipinski definition) is 5. The largest absolute Gasteiger partial charge is 0.371 e. The zero-order valence-corrected chi connectivity index (χ0v) is 17.4. The maximum Gasteiger partial charge on any atom is 0.277 e. The number of hydrogen-bond donors (Lipinski definition) is 2. The molecule has 3 N–H and O–H groups in total. The molecule has 0 fully saturated rings. The summed E-state index contributed by atoms with van der Waals surface area (Å²) in [5.74, 6) is 1.16. The van der Waals surface area contributed by atoms with Crippen LogP contribution in [-0.2, 0) is 17.1 Å². The molecule has 1 atom stereocenters. The van der Waals surface area contributed by atoms with Crippen LogP contribution in [0.5, 0.6) is 0 Å². The van der Waals surface area contributed by atoms with E-state index >= 15 is 0 Å². The average Bonchev–Trinajstić information content (AvgIpc) is 3.12. The van der Waals surface area contributed by atoms with Crippen LogP contribution in [0, 0.1) is 11.8 Å². The van der Waals surface area contributed by atoms with Crippen molar-refractivity contribution in [3.8, 4) is 17.5 Å². The molecule has 9 heteroatoms. The van der Waals surface area contributed by atoms with E-state index in [4.69, 9.17) is 5.73 Å². The Morgan fingerprint density at radius 2 is 2.19 bits per heavy atom. The van der Waals surface area contributed by atoms with Crippen molar-refractivity contribution >= 4 is 12.2 Å². The second-order valence-electron chi connectivity index (χ2n) is 7.90. The number of alkyl halides is 2. The van der Waals surface area contributed by atoms with Gasteiger partial charge >= 0.3 is 0 Å². The van der Waals surface area contributed by atoms with Crippen molar-refractivity contribution in [1.29, 1.82) is 0 Å². The van der Waals surface area contributed by atoms with Crippen LogP contribution in [0.25, 0.3) is 5.69 Å². The van der Waals surface area contributed by atoms with Crippen LogP contribution in [0.4, 0.5) is 8.78 Å². The highest BCUT2D eigenvalue weighted by Crippen LogP contribution is 2.42. The van der Waals surface area contributed by atoms with Crippen molar-refractivity contribution in [3.63, 3.8) is 0 Å². The van der Waals surface area contributed by atoms with Gasteiger partial charge in [0.1, 0.15) is 0 Å². The molecule has 1 aromatic carbocycles. The molecule has 1 aliphatic rings. The van der Waals surface area contributed by atoms with Crippen molar-refractivity contribution in [3.05, 3.63) is 46.8 Å². The fourth-order valence-electron chi connectivity index (χ4n) is 3.50. The summed E-state index contributed by atoms with van der Waals surface area (Å²) in [6.07, 6.45) is 0.755. The van der Waals surface area contributed by atoms with Crippen LogP contribution < -0.4 is 5.73 Å². The number of primary amides is 1. The summed E-state index contributed by atoms with van der Waals surface area (Å²) in [6.45, 7) is 0.466. The van der Waals surface area contributed by atoms with Gasteiger partial charge in [-0.05, 0) is 45.1 Å². The first kappa shape index (κ1) is 22.6. The van der Waals surface area contributed by atoms with Crippen LogP contribution in [0.2, 0.25) is 0 Å². The molecule has 31 heavy (non-hydrogen) atoms. The second-order valence-corrected chi connectivity index (χ2v) is 7.90. The van der Waals surface area contributed by atoms with Gasteiger partial charge in [-0.15, -0.1) is 0 Å². The molecule has 0 bridgehead atoms. The molecular formula is C22H24F2N4O3. The lowest BCUT2D eigenvalue weighted by Gasteiger charge is -2.23. The van der Waals surface area contributed by atoms with Gasteiger partial charge in [-0.25, -0.2) is 13.5 Å². The van der Waals surface area contributed by atoms with Gasteiger partial charge in [-0.3, -0.25) is 9.59 Å². The lowest BCUT2D eigenvalue weighted by Crippen LogP contribution is -2.33. The van der Waals surface area contributed by atoms with Crippen molar-refractivity contribution in [2.24, 2.45) is 5.73 Å². The highest BCUT2D eigenvalue weighted by atomic mass is 19.3. The standard InChI is InChI=1S/C22H24F2N4O3/c1-27(2)12-11-21(31,14-29)10-8-15-5-3-6-16(13-15)28-17-7-4-9-22(23,24)18(17)19(26-28)20(25)30/h3,5-6,13-14,31H,4,7,9,11-12H2,1-2H3,(H2,25,30)/t21-/m0/s1. The van der Waals surface area contributed by atoms with Crippen LogP contribution in [0.1, 0.15) is 46.6 Å². The molecule has 0 saturated carbocycles. The van der Waals surface area contributed by atoms with E-state index < -0.39 is 28.7 Å². The predicted molar refractivity (Wildman–Crippen MR) is 110 cm³/mol. The molecule has 7 nitrogen and oxygen atoms in total. The Hall–Kier alpha value is -3.09. The van der Waals surface area contributed by atoms with Crippen LogP contribution in [0.15, 0.2) is 24.3 Å². The monoisotopic (exact) mass is 430 g/mol. The second kappa shape index (κ2) is 8.57. The number of aliphatic hydroxyl groups is 1. The van der Waals surface area contributed by atoms with E-state index in [1.807, 2.05) is 19.0 Å². The highest BCUT2D eigenvalue weighted by Gasteiger charge is 2.43. The number of carbonyl (C=O) groups excluding carboxylic acids is 2. The normalized spacial score (nSPS) is 16.7. The predicted octanol–water partition coefficient (Wildman–Crippen LogP) is 1.63. The number of aldehydes is 1. The van der Waals surface area contributed by atoms with Crippen molar-refractivity contribution in [2.45, 2.75) is 37.2 Å². The zero-order valence-electron chi connectivity index (χ0n) is 17.4. The smallest absolute Gasteiger partial charge is 0.277 e. The molecule has 3 rings (SSSR count). The molecule has 1 heterocycles. The zero-order chi connectivity index (χ0) is 22.8. The first-order chi connectivity index (χ1) is 14.6. The third-order valence-corrected chi connectivity index (χ3v) is 5.13. The van der Waals surface area contributed by atoms with Gasteiger partial charge in [0.15, 0.2) is 17.6 Å². The minimum absolute atomic E-state index is 0.139. The minimum atomic E-state index is -3.18. The topological polar surface area (TPSA) is 101 Å². The molecule has 0 radical (unpaired) electrons. The summed E-state index contributed by atoms with van der Waals surface area (Å²) in [5, 5.41) is 14.5. The average molecular weight is 430 g/mol. The SMILES string of the molecule is CN(C)CC[C@@](O)(C#Cc1cccc(-n2nc(C(N)=O)c3c2CCCC3(F)F)c1)C=O. The number of halogens is 2. The fourth-order valence-corrected chi connectivity index (χ4v) is 3.50. The summed E-state index contributed by atoms with van der Waals surface area (Å²) in [7, 11) is 3.63. The molecule has 1 aliphatic carbocycles. The molecular weight excluding hydrogens is 406 g/mol. The molecule has 1 aromatic heterocycles. The molecule has 1 amide bonds. The summed E-state index contributed by atoms with van der Waals surface area (Å²) in [6, 6.07) is 6.55. The Morgan fingerprint density at radius 3 is 2.84 bits per heavy atom. The summed E-state index contributed by atoms with van der Waals surface area (Å²) in [4.78, 5) is 24.9. The van der Waals surface area contributed by atoms with Crippen LogP contribution >= 0.6 is 0 Å². The summed E-state index contributed by atoms with van der Waals surface area (Å²) in [5.41, 5.74) is 3.78. The molecule has 0 unspecified atom stereocenters. The van der Waals surface area contributed by atoms with E-state index in [-0.39, 0.29) is 25.0 Å². The first-order valence-corrected chi connectivity index (χ1v) is 9.83. The maximum absolute atomic E-state index is 14.5. The Bertz CT molecular complexity index is 1070. The molecule has 0 saturated heterocycles. The van der Waals surface area contributed by atoms with Crippen molar-refractivity contribution in [1.82, 2.24) is 14.7 Å². The molecule has 2 aromatic rings. The van der Waals surface area contributed by atoms with E-state index in [9.17, 15) is 23.5 Å². The van der Waals surface area contributed by atoms with Gasteiger partial charge in [-0.2, -0.15) is 5.10 Å². The van der Waals surface area contributed by atoms with E-state index in [1.165, 1.54) is 4.68 Å². The number of aromatic nitrogens is 2. The Morgan fingerprint density at radius 1 is 1.45 bits per heavy atom. The van der Waals surface area contributed by atoms with E-state index in [0.29, 0.717) is 30.5 Å². The minimum Gasteiger partial charge on any atom is -0.371 e. The number of amides is 1. The van der Waals surface area contributed by atoms with Gasteiger partial charge < -0.3 is 15.7 Å². The lowest BCUT2D eigenvalue weighted by molar-refractivity contribution is -0.119. The van der Waals surface area contributed by atoms with Gasteiger partial charge in [-0.1, -0.05) is 17.9 Å².